The molecule has 0 bridgehead atoms. The molecule has 0 aliphatic rings. The van der Waals surface area contributed by atoms with E-state index in [1.165, 1.54) is 10.9 Å². The van der Waals surface area contributed by atoms with Crippen molar-refractivity contribution in [1.82, 2.24) is 4.98 Å². The van der Waals surface area contributed by atoms with Gasteiger partial charge in [0.05, 0.1) is 12.6 Å². The van der Waals surface area contributed by atoms with Gasteiger partial charge in [-0.3, -0.25) is 4.98 Å². The van der Waals surface area contributed by atoms with Gasteiger partial charge in [0.1, 0.15) is 5.75 Å². The lowest BCUT2D eigenvalue weighted by Crippen LogP contribution is -2.01. The second-order valence-corrected chi connectivity index (χ2v) is 5.03. The van der Waals surface area contributed by atoms with Crippen molar-refractivity contribution in [3.63, 3.8) is 0 Å². The average molecular weight is 278 g/mol. The van der Waals surface area contributed by atoms with Crippen LogP contribution in [0.2, 0.25) is 0 Å². The molecule has 3 rings (SSSR count). The maximum Gasteiger partial charge on any atom is 0.120 e. The first kappa shape index (κ1) is 13.4. The molecule has 0 saturated heterocycles. The van der Waals surface area contributed by atoms with Crippen molar-refractivity contribution in [2.45, 2.75) is 13.5 Å². The number of anilines is 1. The quantitative estimate of drug-likeness (QED) is 0.778. The van der Waals surface area contributed by atoms with E-state index in [1.807, 2.05) is 43.3 Å². The van der Waals surface area contributed by atoms with Crippen LogP contribution in [-0.2, 0) is 6.54 Å². The molecular formula is C18H18N2O. The Morgan fingerprint density at radius 3 is 2.76 bits per heavy atom. The molecule has 3 aromatic rings. The first-order valence-corrected chi connectivity index (χ1v) is 6.99. The summed E-state index contributed by atoms with van der Waals surface area (Å²) in [5.74, 6) is 0.857. The van der Waals surface area contributed by atoms with E-state index in [1.54, 1.807) is 7.11 Å². The summed E-state index contributed by atoms with van der Waals surface area (Å²) in [7, 11) is 1.68. The standard InChI is InChI=1S/C18H18N2O/c1-13-10-14(17-8-3-4-9-18(17)20-13)12-19-15-6-5-7-16(11-15)21-2/h3-11,19H,12H2,1-2H3. The van der Waals surface area contributed by atoms with Gasteiger partial charge in [-0.1, -0.05) is 24.3 Å². The molecule has 0 atom stereocenters. The Morgan fingerprint density at radius 1 is 1.05 bits per heavy atom. The summed E-state index contributed by atoms with van der Waals surface area (Å²) in [5, 5.41) is 4.64. The fourth-order valence-electron chi connectivity index (χ4n) is 2.47. The summed E-state index contributed by atoms with van der Waals surface area (Å²) >= 11 is 0. The molecule has 0 spiro atoms. The zero-order valence-corrected chi connectivity index (χ0v) is 12.3. The Bertz CT molecular complexity index is 768. The maximum atomic E-state index is 5.25. The van der Waals surface area contributed by atoms with E-state index in [0.717, 1.165) is 29.2 Å². The van der Waals surface area contributed by atoms with Gasteiger partial charge in [0.25, 0.3) is 0 Å². The third-order valence-corrected chi connectivity index (χ3v) is 3.48. The summed E-state index contributed by atoms with van der Waals surface area (Å²) in [5.41, 5.74) is 4.38. The van der Waals surface area contributed by atoms with Gasteiger partial charge in [0, 0.05) is 29.4 Å². The number of hydrogen-bond donors (Lipinski definition) is 1. The monoisotopic (exact) mass is 278 g/mol. The third-order valence-electron chi connectivity index (χ3n) is 3.48. The lowest BCUT2D eigenvalue weighted by atomic mass is 10.1. The molecule has 1 N–H and O–H groups in total. The van der Waals surface area contributed by atoms with Gasteiger partial charge in [0.2, 0.25) is 0 Å². The van der Waals surface area contributed by atoms with Crippen molar-refractivity contribution in [3.8, 4) is 5.75 Å². The molecule has 2 aromatic carbocycles. The molecule has 0 aliphatic carbocycles. The summed E-state index contributed by atoms with van der Waals surface area (Å²) in [6.07, 6.45) is 0. The van der Waals surface area contributed by atoms with E-state index in [-0.39, 0.29) is 0 Å². The van der Waals surface area contributed by atoms with Crippen LogP contribution in [-0.4, -0.2) is 12.1 Å². The van der Waals surface area contributed by atoms with Crippen molar-refractivity contribution in [1.29, 1.82) is 0 Å². The highest BCUT2D eigenvalue weighted by atomic mass is 16.5. The minimum absolute atomic E-state index is 0.761. The van der Waals surface area contributed by atoms with Crippen LogP contribution < -0.4 is 10.1 Å². The van der Waals surface area contributed by atoms with Gasteiger partial charge in [0.15, 0.2) is 0 Å². The highest BCUT2D eigenvalue weighted by molar-refractivity contribution is 5.82. The Kier molecular flexibility index (Phi) is 3.73. The zero-order valence-electron chi connectivity index (χ0n) is 12.3. The number of benzene rings is 2. The Hall–Kier alpha value is -2.55. The minimum atomic E-state index is 0.761. The summed E-state index contributed by atoms with van der Waals surface area (Å²) in [6, 6.07) is 18.3. The SMILES string of the molecule is COc1cccc(NCc2cc(C)nc3ccccc23)c1. The van der Waals surface area contributed by atoms with Crippen molar-refractivity contribution in [2.24, 2.45) is 0 Å². The molecule has 3 heteroatoms. The van der Waals surface area contributed by atoms with Gasteiger partial charge in [-0.05, 0) is 36.8 Å². The number of aromatic nitrogens is 1. The summed E-state index contributed by atoms with van der Waals surface area (Å²) < 4.78 is 5.25. The number of rotatable bonds is 4. The number of methoxy groups -OCH3 is 1. The first-order valence-electron chi connectivity index (χ1n) is 6.99. The molecule has 3 nitrogen and oxygen atoms in total. The van der Waals surface area contributed by atoms with Crippen LogP contribution in [0, 0.1) is 6.92 Å². The van der Waals surface area contributed by atoms with Gasteiger partial charge in [-0.15, -0.1) is 0 Å². The normalized spacial score (nSPS) is 10.6. The van der Waals surface area contributed by atoms with Gasteiger partial charge in [-0.2, -0.15) is 0 Å². The molecular weight excluding hydrogens is 260 g/mol. The Labute approximate surface area is 124 Å². The first-order chi connectivity index (χ1) is 10.3. The molecule has 21 heavy (non-hydrogen) atoms. The lowest BCUT2D eigenvalue weighted by molar-refractivity contribution is 0.415. The van der Waals surface area contributed by atoms with E-state index in [9.17, 15) is 0 Å². The molecule has 1 heterocycles. The second kappa shape index (κ2) is 5.83. The van der Waals surface area contributed by atoms with Crippen LogP contribution in [0.1, 0.15) is 11.3 Å². The third kappa shape index (κ3) is 2.97. The average Bonchev–Trinajstić information content (AvgIpc) is 2.52. The molecule has 0 fully saturated rings. The number of fused-ring (bicyclic) bond motifs is 1. The van der Waals surface area contributed by atoms with Crippen LogP contribution in [0.5, 0.6) is 5.75 Å². The molecule has 1 aromatic heterocycles. The van der Waals surface area contributed by atoms with E-state index in [2.05, 4.69) is 28.5 Å². The highest BCUT2D eigenvalue weighted by Crippen LogP contribution is 2.21. The highest BCUT2D eigenvalue weighted by Gasteiger charge is 2.04. The zero-order chi connectivity index (χ0) is 14.7. The summed E-state index contributed by atoms with van der Waals surface area (Å²) in [6.45, 7) is 2.79. The number of para-hydroxylation sites is 1. The predicted octanol–water partition coefficient (Wildman–Crippen LogP) is 4.16. The minimum Gasteiger partial charge on any atom is -0.497 e. The number of ether oxygens (including phenoxy) is 1. The lowest BCUT2D eigenvalue weighted by Gasteiger charge is -2.11. The van der Waals surface area contributed by atoms with Crippen LogP contribution in [0.15, 0.2) is 54.6 Å². The van der Waals surface area contributed by atoms with Crippen molar-refractivity contribution in [3.05, 3.63) is 65.9 Å². The fourth-order valence-corrected chi connectivity index (χ4v) is 2.47. The van der Waals surface area contributed by atoms with E-state index in [4.69, 9.17) is 4.74 Å². The van der Waals surface area contributed by atoms with E-state index < -0.39 is 0 Å². The van der Waals surface area contributed by atoms with Crippen molar-refractivity contribution < 1.29 is 4.74 Å². The van der Waals surface area contributed by atoms with Crippen LogP contribution in [0.25, 0.3) is 10.9 Å². The topological polar surface area (TPSA) is 34.1 Å². The molecule has 106 valence electrons. The number of hydrogen-bond acceptors (Lipinski definition) is 3. The van der Waals surface area contributed by atoms with Gasteiger partial charge < -0.3 is 10.1 Å². The largest absolute Gasteiger partial charge is 0.497 e. The Morgan fingerprint density at radius 2 is 1.90 bits per heavy atom. The van der Waals surface area contributed by atoms with Crippen LogP contribution in [0.4, 0.5) is 5.69 Å². The predicted molar refractivity (Wildman–Crippen MR) is 86.8 cm³/mol. The molecule has 0 radical (unpaired) electrons. The molecule has 0 saturated carbocycles. The van der Waals surface area contributed by atoms with E-state index >= 15 is 0 Å². The molecule has 0 aliphatic heterocycles. The van der Waals surface area contributed by atoms with Crippen LogP contribution >= 0.6 is 0 Å². The molecule has 0 amide bonds. The van der Waals surface area contributed by atoms with E-state index in [0.29, 0.717) is 0 Å². The van der Waals surface area contributed by atoms with Gasteiger partial charge in [-0.25, -0.2) is 0 Å². The molecule has 0 unspecified atom stereocenters. The second-order valence-electron chi connectivity index (χ2n) is 5.03. The number of aryl methyl sites for hydroxylation is 1. The smallest absolute Gasteiger partial charge is 0.120 e. The van der Waals surface area contributed by atoms with Crippen LogP contribution in [0.3, 0.4) is 0 Å². The Balaban J connectivity index is 1.87. The number of pyridine rings is 1. The fraction of sp³-hybridized carbons (Fsp3) is 0.167. The summed E-state index contributed by atoms with van der Waals surface area (Å²) in [4.78, 5) is 4.57. The van der Waals surface area contributed by atoms with Crippen molar-refractivity contribution >= 4 is 16.6 Å². The van der Waals surface area contributed by atoms with Gasteiger partial charge >= 0.3 is 0 Å². The maximum absolute atomic E-state index is 5.25. The van der Waals surface area contributed by atoms with Crippen molar-refractivity contribution in [2.75, 3.05) is 12.4 Å². The number of nitrogens with one attached hydrogen (secondary N) is 1. The number of nitrogens with zero attached hydrogens (tertiary/aromatic N) is 1.